The quantitative estimate of drug-likeness (QED) is 0.868. The molecule has 0 spiro atoms. The zero-order chi connectivity index (χ0) is 17.0. The summed E-state index contributed by atoms with van der Waals surface area (Å²) < 4.78 is 25.1. The smallest absolute Gasteiger partial charge is 0.251 e. The molecule has 23 heavy (non-hydrogen) atoms. The molecule has 0 saturated carbocycles. The number of sulfonamides is 1. The Morgan fingerprint density at radius 2 is 1.78 bits per heavy atom. The van der Waals surface area contributed by atoms with Gasteiger partial charge in [0.2, 0.25) is 10.0 Å². The van der Waals surface area contributed by atoms with Crippen LogP contribution in [0.15, 0.2) is 42.5 Å². The van der Waals surface area contributed by atoms with Crippen molar-refractivity contribution in [1.82, 2.24) is 5.32 Å². The maximum atomic E-state index is 12.3. The van der Waals surface area contributed by atoms with Crippen LogP contribution in [0.4, 0.5) is 5.69 Å². The third-order valence-corrected chi connectivity index (χ3v) is 4.08. The topological polar surface area (TPSA) is 75.3 Å². The molecule has 2 N–H and O–H groups in total. The van der Waals surface area contributed by atoms with Crippen LogP contribution in [0.1, 0.15) is 21.5 Å². The van der Waals surface area contributed by atoms with Gasteiger partial charge in [-0.15, -0.1) is 0 Å². The second kappa shape index (κ2) is 7.02. The van der Waals surface area contributed by atoms with Gasteiger partial charge in [0, 0.05) is 17.1 Å². The van der Waals surface area contributed by atoms with Crippen molar-refractivity contribution in [1.29, 1.82) is 0 Å². The van der Waals surface area contributed by atoms with Gasteiger partial charge in [0.05, 0.1) is 11.9 Å². The van der Waals surface area contributed by atoms with Gasteiger partial charge in [0.25, 0.3) is 5.91 Å². The Labute approximate surface area is 140 Å². The number of rotatable bonds is 5. The van der Waals surface area contributed by atoms with Crippen molar-refractivity contribution in [3.63, 3.8) is 0 Å². The fourth-order valence-corrected chi connectivity index (χ4v) is 2.82. The largest absolute Gasteiger partial charge is 0.348 e. The van der Waals surface area contributed by atoms with Crippen molar-refractivity contribution in [2.24, 2.45) is 0 Å². The van der Waals surface area contributed by atoms with Crippen LogP contribution in [0.2, 0.25) is 5.02 Å². The van der Waals surface area contributed by atoms with Gasteiger partial charge in [-0.3, -0.25) is 9.52 Å². The second-order valence-corrected chi connectivity index (χ2v) is 7.35. The van der Waals surface area contributed by atoms with E-state index in [1.807, 2.05) is 12.1 Å². The van der Waals surface area contributed by atoms with Crippen molar-refractivity contribution in [2.75, 3.05) is 11.0 Å². The monoisotopic (exact) mass is 352 g/mol. The lowest BCUT2D eigenvalue weighted by atomic mass is 10.1. The molecule has 0 heterocycles. The molecule has 0 aromatic heterocycles. The molecule has 2 rings (SSSR count). The molecule has 0 aliphatic carbocycles. The average Bonchev–Trinajstić information content (AvgIpc) is 2.47. The number of carbonyl (C=O) groups is 1. The number of carbonyl (C=O) groups excluding carboxylic acids is 1. The first kappa shape index (κ1) is 17.3. The van der Waals surface area contributed by atoms with E-state index in [4.69, 9.17) is 11.6 Å². The summed E-state index contributed by atoms with van der Waals surface area (Å²) in [6, 6.07) is 12.1. The number of anilines is 1. The highest BCUT2D eigenvalue weighted by atomic mass is 35.5. The zero-order valence-corrected chi connectivity index (χ0v) is 14.3. The van der Waals surface area contributed by atoms with E-state index in [-0.39, 0.29) is 5.91 Å². The Balaban J connectivity index is 2.13. The third kappa shape index (κ3) is 4.97. The van der Waals surface area contributed by atoms with Crippen LogP contribution < -0.4 is 10.0 Å². The fourth-order valence-electron chi connectivity index (χ4n) is 2.07. The van der Waals surface area contributed by atoms with Crippen molar-refractivity contribution < 1.29 is 13.2 Å². The van der Waals surface area contributed by atoms with E-state index in [1.54, 1.807) is 37.3 Å². The molecule has 0 aliphatic rings. The molecule has 0 saturated heterocycles. The summed E-state index contributed by atoms with van der Waals surface area (Å²) in [7, 11) is -3.40. The lowest BCUT2D eigenvalue weighted by Crippen LogP contribution is -2.24. The molecule has 5 nitrogen and oxygen atoms in total. The summed E-state index contributed by atoms with van der Waals surface area (Å²) in [6.45, 7) is 2.06. The number of nitrogens with one attached hydrogen (secondary N) is 2. The van der Waals surface area contributed by atoms with Crippen LogP contribution in [-0.2, 0) is 16.6 Å². The van der Waals surface area contributed by atoms with E-state index in [2.05, 4.69) is 10.0 Å². The Morgan fingerprint density at radius 1 is 1.13 bits per heavy atom. The maximum Gasteiger partial charge on any atom is 0.251 e. The average molecular weight is 353 g/mol. The van der Waals surface area contributed by atoms with Crippen molar-refractivity contribution in [3.8, 4) is 0 Å². The predicted octanol–water partition coefficient (Wildman–Crippen LogP) is 2.95. The van der Waals surface area contributed by atoms with Gasteiger partial charge in [-0.25, -0.2) is 8.42 Å². The van der Waals surface area contributed by atoms with Crippen LogP contribution >= 0.6 is 11.6 Å². The summed E-state index contributed by atoms with van der Waals surface area (Å²) in [6.07, 6.45) is 1.07. The first-order chi connectivity index (χ1) is 10.8. The minimum Gasteiger partial charge on any atom is -0.348 e. The first-order valence-electron chi connectivity index (χ1n) is 6.86. The van der Waals surface area contributed by atoms with Crippen molar-refractivity contribution >= 4 is 33.2 Å². The molecule has 1 amide bonds. The van der Waals surface area contributed by atoms with Crippen molar-refractivity contribution in [2.45, 2.75) is 13.5 Å². The van der Waals surface area contributed by atoms with E-state index >= 15 is 0 Å². The highest BCUT2D eigenvalue weighted by Crippen LogP contribution is 2.20. The van der Waals surface area contributed by atoms with Crippen LogP contribution in [0.3, 0.4) is 0 Å². The van der Waals surface area contributed by atoms with Gasteiger partial charge < -0.3 is 5.32 Å². The number of benzene rings is 2. The molecule has 7 heteroatoms. The molecule has 2 aromatic carbocycles. The van der Waals surface area contributed by atoms with Gasteiger partial charge in [-0.1, -0.05) is 29.8 Å². The SMILES string of the molecule is Cc1c(NS(C)(=O)=O)cccc1C(=O)NCc1ccc(Cl)cc1. The Bertz CT molecular complexity index is 818. The Kier molecular flexibility index (Phi) is 5.28. The van der Waals surface area contributed by atoms with Crippen molar-refractivity contribution in [3.05, 3.63) is 64.2 Å². The minimum absolute atomic E-state index is 0.269. The zero-order valence-electron chi connectivity index (χ0n) is 12.8. The summed E-state index contributed by atoms with van der Waals surface area (Å²) in [4.78, 5) is 12.3. The number of hydrogen-bond acceptors (Lipinski definition) is 3. The summed E-state index contributed by atoms with van der Waals surface area (Å²) in [5.41, 5.74) is 2.32. The lowest BCUT2D eigenvalue weighted by Gasteiger charge is -2.12. The summed E-state index contributed by atoms with van der Waals surface area (Å²) in [5, 5.41) is 3.44. The van der Waals surface area contributed by atoms with Crippen LogP contribution in [-0.4, -0.2) is 20.6 Å². The summed E-state index contributed by atoms with van der Waals surface area (Å²) >= 11 is 5.82. The normalized spacial score (nSPS) is 11.1. The second-order valence-electron chi connectivity index (χ2n) is 5.16. The minimum atomic E-state index is -3.40. The molecule has 0 aliphatic heterocycles. The highest BCUT2D eigenvalue weighted by Gasteiger charge is 2.13. The molecule has 0 bridgehead atoms. The Hall–Kier alpha value is -2.05. The van der Waals surface area contributed by atoms with E-state index in [1.165, 1.54) is 0 Å². The molecule has 0 fully saturated rings. The van der Waals surface area contributed by atoms with Gasteiger partial charge >= 0.3 is 0 Å². The molecule has 0 unspecified atom stereocenters. The van der Waals surface area contributed by atoms with Crippen LogP contribution in [0.25, 0.3) is 0 Å². The maximum absolute atomic E-state index is 12.3. The van der Waals surface area contributed by atoms with E-state index in [0.29, 0.717) is 28.4 Å². The molecule has 2 aromatic rings. The van der Waals surface area contributed by atoms with Gasteiger partial charge in [-0.05, 0) is 42.3 Å². The predicted molar refractivity (Wildman–Crippen MR) is 92.3 cm³/mol. The van der Waals surface area contributed by atoms with E-state index in [0.717, 1.165) is 11.8 Å². The number of halogens is 1. The van der Waals surface area contributed by atoms with E-state index < -0.39 is 10.0 Å². The third-order valence-electron chi connectivity index (χ3n) is 3.24. The number of hydrogen-bond donors (Lipinski definition) is 2. The highest BCUT2D eigenvalue weighted by molar-refractivity contribution is 7.92. The molecular formula is C16H17ClN2O3S. The van der Waals surface area contributed by atoms with Gasteiger partial charge in [-0.2, -0.15) is 0 Å². The fraction of sp³-hybridized carbons (Fsp3) is 0.188. The molecule has 0 atom stereocenters. The summed E-state index contributed by atoms with van der Waals surface area (Å²) in [5.74, 6) is -0.269. The lowest BCUT2D eigenvalue weighted by molar-refractivity contribution is 0.0950. The number of amides is 1. The molecule has 0 radical (unpaired) electrons. The molecular weight excluding hydrogens is 336 g/mol. The molecule has 122 valence electrons. The Morgan fingerprint density at radius 3 is 2.39 bits per heavy atom. The first-order valence-corrected chi connectivity index (χ1v) is 9.13. The van der Waals surface area contributed by atoms with Gasteiger partial charge in [0.15, 0.2) is 0 Å². The van der Waals surface area contributed by atoms with Crippen LogP contribution in [0.5, 0.6) is 0 Å². The standard InChI is InChI=1S/C16H17ClN2O3S/c1-11-14(4-3-5-15(11)19-23(2,21)22)16(20)18-10-12-6-8-13(17)9-7-12/h3-9,19H,10H2,1-2H3,(H,18,20). The van der Waals surface area contributed by atoms with Gasteiger partial charge in [0.1, 0.15) is 0 Å². The van der Waals surface area contributed by atoms with E-state index in [9.17, 15) is 13.2 Å². The van der Waals surface area contributed by atoms with Crippen LogP contribution in [0, 0.1) is 6.92 Å².